The van der Waals surface area contributed by atoms with E-state index < -0.39 is 20.7 Å². The fourth-order valence-electron chi connectivity index (χ4n) is 3.05. The number of amides is 1. The summed E-state index contributed by atoms with van der Waals surface area (Å²) in [6.07, 6.45) is 0.379. The minimum absolute atomic E-state index is 0.133. The number of hydrogen-bond donors (Lipinski definition) is 1. The van der Waals surface area contributed by atoms with Gasteiger partial charge < -0.3 is 14.8 Å². The van der Waals surface area contributed by atoms with Crippen LogP contribution in [0.15, 0.2) is 18.2 Å². The van der Waals surface area contributed by atoms with E-state index in [1.54, 1.807) is 18.2 Å². The standard InChI is InChI=1S/C14H18N2O5S/c1-16-8-9-7-14(9,22(16,18)19)13(17)15-11-5-4-10(20-2)6-12(11)21-3/h4-6,9H,7-8H2,1-3H3,(H,15,17)/t9-,14-/m1/s1. The zero-order valence-corrected chi connectivity index (χ0v) is 13.4. The monoisotopic (exact) mass is 326 g/mol. The van der Waals surface area contributed by atoms with Crippen LogP contribution in [-0.4, -0.2) is 51.2 Å². The second kappa shape index (κ2) is 4.85. The Morgan fingerprint density at radius 1 is 1.36 bits per heavy atom. The predicted molar refractivity (Wildman–Crippen MR) is 80.6 cm³/mol. The Hall–Kier alpha value is -1.80. The van der Waals surface area contributed by atoms with E-state index in [9.17, 15) is 13.2 Å². The zero-order chi connectivity index (χ0) is 16.1. The van der Waals surface area contributed by atoms with E-state index in [0.29, 0.717) is 30.2 Å². The van der Waals surface area contributed by atoms with Crippen molar-refractivity contribution >= 4 is 21.6 Å². The Kier molecular flexibility index (Phi) is 3.33. The highest BCUT2D eigenvalue weighted by atomic mass is 32.2. The number of benzene rings is 1. The number of rotatable bonds is 4. The van der Waals surface area contributed by atoms with Gasteiger partial charge in [0.15, 0.2) is 4.75 Å². The van der Waals surface area contributed by atoms with Gasteiger partial charge in [0, 0.05) is 25.6 Å². The van der Waals surface area contributed by atoms with Crippen molar-refractivity contribution < 1.29 is 22.7 Å². The van der Waals surface area contributed by atoms with Crippen LogP contribution in [0.4, 0.5) is 5.69 Å². The Morgan fingerprint density at radius 2 is 2.09 bits per heavy atom. The highest BCUT2D eigenvalue weighted by Gasteiger charge is 2.74. The second-order valence-corrected chi connectivity index (χ2v) is 7.90. The molecule has 2 atom stereocenters. The lowest BCUT2D eigenvalue weighted by Crippen LogP contribution is -2.40. The number of sulfonamides is 1. The van der Waals surface area contributed by atoms with Gasteiger partial charge in [-0.1, -0.05) is 0 Å². The molecule has 1 heterocycles. The number of fused-ring (bicyclic) bond motifs is 1. The number of ether oxygens (including phenoxy) is 2. The van der Waals surface area contributed by atoms with Gasteiger partial charge in [-0.05, 0) is 18.6 Å². The molecule has 1 aromatic carbocycles. The smallest absolute Gasteiger partial charge is 0.247 e. The summed E-state index contributed by atoms with van der Waals surface area (Å²) < 4.78 is 35.0. The van der Waals surface area contributed by atoms with Gasteiger partial charge in [-0.2, -0.15) is 0 Å². The number of carbonyl (C=O) groups excluding carboxylic acids is 1. The minimum Gasteiger partial charge on any atom is -0.497 e. The summed E-state index contributed by atoms with van der Waals surface area (Å²) in [7, 11) is 0.922. The van der Waals surface area contributed by atoms with Crippen molar-refractivity contribution in [3.8, 4) is 11.5 Å². The van der Waals surface area contributed by atoms with Crippen molar-refractivity contribution in [1.29, 1.82) is 0 Å². The molecule has 1 saturated carbocycles. The average Bonchev–Trinajstić information content (AvgIpc) is 3.18. The Balaban J connectivity index is 1.88. The topological polar surface area (TPSA) is 84.9 Å². The van der Waals surface area contributed by atoms with Crippen molar-refractivity contribution in [2.24, 2.45) is 5.92 Å². The van der Waals surface area contributed by atoms with Crippen LogP contribution < -0.4 is 14.8 Å². The lowest BCUT2D eigenvalue weighted by atomic mass is 10.2. The molecule has 2 aliphatic rings. The van der Waals surface area contributed by atoms with Gasteiger partial charge in [-0.3, -0.25) is 4.79 Å². The summed E-state index contributed by atoms with van der Waals surface area (Å²) >= 11 is 0. The van der Waals surface area contributed by atoms with Crippen LogP contribution in [0.1, 0.15) is 6.42 Å². The van der Waals surface area contributed by atoms with Crippen LogP contribution in [0.25, 0.3) is 0 Å². The van der Waals surface area contributed by atoms with Crippen molar-refractivity contribution in [2.75, 3.05) is 33.1 Å². The zero-order valence-electron chi connectivity index (χ0n) is 12.6. The summed E-state index contributed by atoms with van der Waals surface area (Å²) in [6, 6.07) is 4.94. The molecule has 1 N–H and O–H groups in total. The molecular weight excluding hydrogens is 308 g/mol. The molecule has 8 heteroatoms. The molecule has 1 aliphatic carbocycles. The lowest BCUT2D eigenvalue weighted by molar-refractivity contribution is -0.116. The van der Waals surface area contributed by atoms with E-state index in [4.69, 9.17) is 9.47 Å². The molecular formula is C14H18N2O5S. The van der Waals surface area contributed by atoms with Crippen molar-refractivity contribution in [3.63, 3.8) is 0 Å². The summed E-state index contributed by atoms with van der Waals surface area (Å²) in [5.74, 6) is 0.382. The summed E-state index contributed by atoms with van der Waals surface area (Å²) in [6.45, 7) is 0.398. The molecule has 0 aromatic heterocycles. The highest BCUT2D eigenvalue weighted by Crippen LogP contribution is 2.57. The van der Waals surface area contributed by atoms with E-state index in [1.165, 1.54) is 25.6 Å². The van der Waals surface area contributed by atoms with Crippen LogP contribution in [0.3, 0.4) is 0 Å². The summed E-state index contributed by atoms with van der Waals surface area (Å²) in [5.41, 5.74) is 0.429. The predicted octanol–water partition coefficient (Wildman–Crippen LogP) is 0.676. The third kappa shape index (κ3) is 1.90. The first-order valence-corrected chi connectivity index (χ1v) is 8.30. The molecule has 1 aliphatic heterocycles. The molecule has 2 fully saturated rings. The van der Waals surface area contributed by atoms with E-state index in [1.807, 2.05) is 0 Å². The molecule has 3 rings (SSSR count). The largest absolute Gasteiger partial charge is 0.497 e. The molecule has 1 amide bonds. The van der Waals surface area contributed by atoms with Crippen LogP contribution in [0.5, 0.6) is 11.5 Å². The first-order valence-electron chi connectivity index (χ1n) is 6.86. The SMILES string of the molecule is COc1ccc(NC(=O)[C@@]23C[C@@H]2CN(C)S3(=O)=O)c(OC)c1. The van der Waals surface area contributed by atoms with E-state index in [2.05, 4.69) is 5.32 Å². The lowest BCUT2D eigenvalue weighted by Gasteiger charge is -2.18. The first-order chi connectivity index (χ1) is 10.4. The molecule has 0 unspecified atom stereocenters. The quantitative estimate of drug-likeness (QED) is 0.879. The van der Waals surface area contributed by atoms with E-state index >= 15 is 0 Å². The molecule has 1 saturated heterocycles. The van der Waals surface area contributed by atoms with Crippen LogP contribution in [-0.2, 0) is 14.8 Å². The van der Waals surface area contributed by atoms with Crippen molar-refractivity contribution in [3.05, 3.63) is 18.2 Å². The summed E-state index contributed by atoms with van der Waals surface area (Å²) in [4.78, 5) is 12.6. The molecule has 7 nitrogen and oxygen atoms in total. The van der Waals surface area contributed by atoms with Gasteiger partial charge in [-0.25, -0.2) is 12.7 Å². The number of nitrogens with one attached hydrogen (secondary N) is 1. The van der Waals surface area contributed by atoms with Gasteiger partial charge in [-0.15, -0.1) is 0 Å². The Bertz CT molecular complexity index is 733. The molecule has 120 valence electrons. The van der Waals surface area contributed by atoms with Gasteiger partial charge in [0.1, 0.15) is 11.5 Å². The van der Waals surface area contributed by atoms with Gasteiger partial charge >= 0.3 is 0 Å². The molecule has 0 spiro atoms. The normalized spacial score (nSPS) is 28.8. The number of hydrogen-bond acceptors (Lipinski definition) is 5. The maximum absolute atomic E-state index is 12.6. The first kappa shape index (κ1) is 15.1. The summed E-state index contributed by atoms with van der Waals surface area (Å²) in [5, 5.41) is 2.69. The molecule has 0 radical (unpaired) electrons. The Labute approximate surface area is 129 Å². The maximum atomic E-state index is 12.6. The van der Waals surface area contributed by atoms with Crippen molar-refractivity contribution in [2.45, 2.75) is 11.2 Å². The van der Waals surface area contributed by atoms with Gasteiger partial charge in [0.25, 0.3) is 0 Å². The fourth-order valence-corrected chi connectivity index (χ4v) is 5.17. The van der Waals surface area contributed by atoms with E-state index in [-0.39, 0.29) is 5.92 Å². The van der Waals surface area contributed by atoms with Crippen molar-refractivity contribution in [1.82, 2.24) is 4.31 Å². The number of nitrogens with zero attached hydrogens (tertiary/aromatic N) is 1. The molecule has 22 heavy (non-hydrogen) atoms. The third-order valence-corrected chi connectivity index (χ3v) is 7.01. The molecule has 0 bridgehead atoms. The van der Waals surface area contributed by atoms with Crippen LogP contribution in [0, 0.1) is 5.92 Å². The second-order valence-electron chi connectivity index (χ2n) is 5.60. The average molecular weight is 326 g/mol. The fraction of sp³-hybridized carbons (Fsp3) is 0.500. The third-order valence-electron chi connectivity index (χ3n) is 4.44. The Morgan fingerprint density at radius 3 is 2.64 bits per heavy atom. The number of carbonyl (C=O) groups is 1. The molecule has 1 aromatic rings. The van der Waals surface area contributed by atoms with Crippen LogP contribution >= 0.6 is 0 Å². The van der Waals surface area contributed by atoms with Crippen LogP contribution in [0.2, 0.25) is 0 Å². The minimum atomic E-state index is -3.59. The number of methoxy groups -OCH3 is 2. The van der Waals surface area contributed by atoms with Gasteiger partial charge in [0.05, 0.1) is 19.9 Å². The van der Waals surface area contributed by atoms with E-state index in [0.717, 1.165) is 0 Å². The highest BCUT2D eigenvalue weighted by molar-refractivity contribution is 7.92. The number of anilines is 1. The van der Waals surface area contributed by atoms with Gasteiger partial charge in [0.2, 0.25) is 15.9 Å². The maximum Gasteiger partial charge on any atom is 0.247 e.